The molecule has 0 fully saturated rings. The van der Waals surface area contributed by atoms with Crippen molar-refractivity contribution in [3.05, 3.63) is 18.1 Å². The molecule has 0 amide bonds. The second-order valence-electron chi connectivity index (χ2n) is 5.29. The van der Waals surface area contributed by atoms with Gasteiger partial charge in [-0.3, -0.25) is 5.32 Å². The van der Waals surface area contributed by atoms with Gasteiger partial charge in [-0.15, -0.1) is 10.2 Å². The Kier molecular flexibility index (Phi) is 8.57. The molecule has 0 saturated heterocycles. The molecule has 0 aliphatic heterocycles. The van der Waals surface area contributed by atoms with Crippen molar-refractivity contribution in [1.82, 2.24) is 36.6 Å². The highest BCUT2D eigenvalue weighted by molar-refractivity contribution is 4.76. The summed E-state index contributed by atoms with van der Waals surface area (Å²) in [7, 11) is 0. The van der Waals surface area contributed by atoms with Gasteiger partial charge in [0.25, 0.3) is 0 Å². The molecule has 0 bridgehead atoms. The molecule has 4 N–H and O–H groups in total. The minimum Gasteiger partial charge on any atom is -0.379 e. The lowest BCUT2D eigenvalue weighted by atomic mass is 9.97. The van der Waals surface area contributed by atoms with Crippen LogP contribution in [0.4, 0.5) is 0 Å². The average molecular weight is 281 g/mol. The van der Waals surface area contributed by atoms with E-state index in [0.29, 0.717) is 24.2 Å². The van der Waals surface area contributed by atoms with Gasteiger partial charge in [-0.25, -0.2) is 0 Å². The van der Waals surface area contributed by atoms with Crippen molar-refractivity contribution < 1.29 is 0 Å². The van der Waals surface area contributed by atoms with Gasteiger partial charge in [0.05, 0.1) is 13.2 Å². The zero-order valence-electron chi connectivity index (χ0n) is 12.7. The molecular weight excluding hydrogens is 254 g/mol. The van der Waals surface area contributed by atoms with Crippen LogP contribution in [0.2, 0.25) is 0 Å². The van der Waals surface area contributed by atoms with E-state index in [2.05, 4.69) is 50.4 Å². The maximum atomic E-state index is 3.93. The van der Waals surface area contributed by atoms with Crippen LogP contribution >= 0.6 is 0 Å². The molecule has 1 atom stereocenters. The number of aromatic amines is 1. The van der Waals surface area contributed by atoms with Gasteiger partial charge in [0.2, 0.25) is 0 Å². The number of nitrogens with zero attached hydrogens (tertiary/aromatic N) is 3. The number of tetrazole rings is 1. The Labute approximate surface area is 121 Å². The van der Waals surface area contributed by atoms with Crippen molar-refractivity contribution in [1.29, 1.82) is 0 Å². The molecule has 20 heavy (non-hydrogen) atoms. The van der Waals surface area contributed by atoms with Crippen LogP contribution in [0.5, 0.6) is 0 Å². The van der Waals surface area contributed by atoms with Crippen LogP contribution in [0.1, 0.15) is 33.0 Å². The Morgan fingerprint density at radius 2 is 2.05 bits per heavy atom. The Bertz CT molecular complexity index is 348. The SMILES string of the molecule is C/C=C/NCNCC(CNCc1nn[nH]n1)CC(C)C. The van der Waals surface area contributed by atoms with Crippen molar-refractivity contribution >= 4 is 0 Å². The summed E-state index contributed by atoms with van der Waals surface area (Å²) in [5, 5.41) is 23.8. The molecule has 0 aliphatic rings. The maximum Gasteiger partial charge on any atom is 0.188 e. The van der Waals surface area contributed by atoms with Crippen molar-refractivity contribution in [2.24, 2.45) is 11.8 Å². The van der Waals surface area contributed by atoms with Crippen LogP contribution in [0.15, 0.2) is 12.3 Å². The molecular formula is C13H27N7. The number of allylic oxidation sites excluding steroid dienone is 1. The number of nitrogens with one attached hydrogen (secondary N) is 4. The summed E-state index contributed by atoms with van der Waals surface area (Å²) < 4.78 is 0. The first-order valence-corrected chi connectivity index (χ1v) is 7.20. The second-order valence-corrected chi connectivity index (χ2v) is 5.29. The van der Waals surface area contributed by atoms with Gasteiger partial charge in [-0.1, -0.05) is 25.1 Å². The van der Waals surface area contributed by atoms with Crippen LogP contribution in [-0.4, -0.2) is 40.4 Å². The minimum absolute atomic E-state index is 0.592. The zero-order chi connectivity index (χ0) is 14.6. The lowest BCUT2D eigenvalue weighted by Crippen LogP contribution is -2.35. The van der Waals surface area contributed by atoms with Gasteiger partial charge in [-0.2, -0.15) is 5.21 Å². The predicted octanol–water partition coefficient (Wildman–Crippen LogP) is 0.622. The first-order valence-electron chi connectivity index (χ1n) is 7.20. The number of aromatic nitrogens is 4. The van der Waals surface area contributed by atoms with E-state index < -0.39 is 0 Å². The molecule has 7 heteroatoms. The summed E-state index contributed by atoms with van der Waals surface area (Å²) in [6.07, 6.45) is 5.12. The van der Waals surface area contributed by atoms with Crippen LogP contribution in [0.3, 0.4) is 0 Å². The van der Waals surface area contributed by atoms with Gasteiger partial charge in [0, 0.05) is 6.54 Å². The second kappa shape index (κ2) is 10.3. The molecule has 0 aromatic carbocycles. The Balaban J connectivity index is 2.20. The first-order chi connectivity index (χ1) is 9.72. The van der Waals surface area contributed by atoms with Crippen molar-refractivity contribution in [2.75, 3.05) is 19.8 Å². The third-order valence-corrected chi connectivity index (χ3v) is 2.85. The summed E-state index contributed by atoms with van der Waals surface area (Å²) in [5.74, 6) is 1.99. The highest BCUT2D eigenvalue weighted by Gasteiger charge is 2.10. The number of rotatable bonds is 11. The molecule has 1 unspecified atom stereocenters. The summed E-state index contributed by atoms with van der Waals surface area (Å²) in [4.78, 5) is 0. The first kappa shape index (κ1) is 16.6. The van der Waals surface area contributed by atoms with Crippen LogP contribution in [0, 0.1) is 11.8 Å². The third kappa shape index (κ3) is 7.85. The number of hydrogen-bond donors (Lipinski definition) is 4. The normalized spacial score (nSPS) is 13.2. The van der Waals surface area contributed by atoms with Crippen molar-refractivity contribution in [3.8, 4) is 0 Å². The van der Waals surface area contributed by atoms with E-state index in [4.69, 9.17) is 0 Å². The zero-order valence-corrected chi connectivity index (χ0v) is 12.7. The van der Waals surface area contributed by atoms with Crippen LogP contribution in [0.25, 0.3) is 0 Å². The predicted molar refractivity (Wildman–Crippen MR) is 79.6 cm³/mol. The van der Waals surface area contributed by atoms with E-state index in [1.54, 1.807) is 0 Å². The summed E-state index contributed by atoms with van der Waals surface area (Å²) in [6, 6.07) is 0. The fraction of sp³-hybridized carbons (Fsp3) is 0.769. The fourth-order valence-corrected chi connectivity index (χ4v) is 2.08. The smallest absolute Gasteiger partial charge is 0.188 e. The molecule has 114 valence electrons. The fourth-order valence-electron chi connectivity index (χ4n) is 2.08. The molecule has 0 spiro atoms. The molecule has 0 saturated carbocycles. The van der Waals surface area contributed by atoms with Gasteiger partial charge in [0.1, 0.15) is 0 Å². The number of H-pyrrole nitrogens is 1. The third-order valence-electron chi connectivity index (χ3n) is 2.85. The summed E-state index contributed by atoms with van der Waals surface area (Å²) >= 11 is 0. The Hall–Kier alpha value is -1.47. The van der Waals surface area contributed by atoms with E-state index in [1.165, 1.54) is 6.42 Å². The van der Waals surface area contributed by atoms with Crippen molar-refractivity contribution in [2.45, 2.75) is 33.7 Å². The van der Waals surface area contributed by atoms with E-state index >= 15 is 0 Å². The standard InChI is InChI=1S/C13H27N7/c1-4-5-14-10-16-8-12(6-11(2)3)7-15-9-13-17-19-20-18-13/h4-5,11-12,14-16H,6-10H2,1-3H3,(H,17,18,19,20)/b5-4+. The minimum atomic E-state index is 0.592. The Morgan fingerprint density at radius 3 is 2.70 bits per heavy atom. The van der Waals surface area contributed by atoms with Gasteiger partial charge in [0.15, 0.2) is 5.82 Å². The molecule has 0 radical (unpaired) electrons. The molecule has 1 aromatic rings. The van der Waals surface area contributed by atoms with Gasteiger partial charge < -0.3 is 10.6 Å². The van der Waals surface area contributed by atoms with E-state index in [1.807, 2.05) is 19.2 Å². The van der Waals surface area contributed by atoms with Gasteiger partial charge in [-0.05, 0) is 37.9 Å². The lowest BCUT2D eigenvalue weighted by Gasteiger charge is -2.20. The van der Waals surface area contributed by atoms with E-state index in [0.717, 1.165) is 19.8 Å². The Morgan fingerprint density at radius 1 is 1.25 bits per heavy atom. The summed E-state index contributed by atoms with van der Waals surface area (Å²) in [5.41, 5.74) is 0. The lowest BCUT2D eigenvalue weighted by molar-refractivity contribution is 0.365. The molecule has 0 aliphatic carbocycles. The highest BCUT2D eigenvalue weighted by Crippen LogP contribution is 2.10. The number of hydrogen-bond acceptors (Lipinski definition) is 6. The van der Waals surface area contributed by atoms with E-state index in [-0.39, 0.29) is 0 Å². The maximum absolute atomic E-state index is 3.93. The molecule has 7 nitrogen and oxygen atoms in total. The van der Waals surface area contributed by atoms with Gasteiger partial charge >= 0.3 is 0 Å². The quantitative estimate of drug-likeness (QED) is 0.351. The molecule has 1 heterocycles. The van der Waals surface area contributed by atoms with E-state index in [9.17, 15) is 0 Å². The topological polar surface area (TPSA) is 90.5 Å². The van der Waals surface area contributed by atoms with Crippen LogP contribution < -0.4 is 16.0 Å². The average Bonchev–Trinajstić information content (AvgIpc) is 2.90. The van der Waals surface area contributed by atoms with Crippen molar-refractivity contribution in [3.63, 3.8) is 0 Å². The molecule has 1 aromatic heterocycles. The van der Waals surface area contributed by atoms with Crippen LogP contribution in [-0.2, 0) is 6.54 Å². The molecule has 1 rings (SSSR count). The highest BCUT2D eigenvalue weighted by atomic mass is 15.5. The largest absolute Gasteiger partial charge is 0.379 e. The monoisotopic (exact) mass is 281 g/mol. The summed E-state index contributed by atoms with van der Waals surface area (Å²) in [6.45, 7) is 9.89.